The number of hydrogen-bond donors (Lipinski definition) is 0. The molecule has 0 atom stereocenters. The lowest BCUT2D eigenvalue weighted by atomic mass is 10.4. The second-order valence-electron chi connectivity index (χ2n) is 2.82. The molecule has 0 bridgehead atoms. The maximum absolute atomic E-state index is 2.25. The third-order valence-corrected chi connectivity index (χ3v) is 4.97. The van der Waals surface area contributed by atoms with Crippen molar-refractivity contribution in [3.63, 3.8) is 0 Å². The molecule has 10 heavy (non-hydrogen) atoms. The van der Waals surface area contributed by atoms with Crippen LogP contribution in [0.3, 0.4) is 0 Å². The Hall–Kier alpha value is 0.700. The van der Waals surface area contributed by atoms with Crippen molar-refractivity contribution in [1.29, 1.82) is 0 Å². The Morgan fingerprint density at radius 3 is 2.60 bits per heavy atom. The molecule has 0 unspecified atom stereocenters. The van der Waals surface area contributed by atoms with Crippen LogP contribution in [0.2, 0.25) is 0 Å². The normalized spacial score (nSPS) is 20.1. The van der Waals surface area contributed by atoms with E-state index in [-0.39, 0.29) is 0 Å². The first-order chi connectivity index (χ1) is 4.93. The maximum Gasteiger partial charge on any atom is 0.0151 e. The molecule has 2 heteroatoms. The van der Waals surface area contributed by atoms with Crippen LogP contribution >= 0.6 is 21.6 Å². The summed E-state index contributed by atoms with van der Waals surface area (Å²) in [5.74, 6) is 1.33. The van der Waals surface area contributed by atoms with E-state index in [0.29, 0.717) is 0 Å². The predicted molar refractivity (Wildman–Crippen MR) is 52.6 cm³/mol. The first-order valence-electron chi connectivity index (χ1n) is 4.21. The van der Waals surface area contributed by atoms with E-state index in [0.717, 1.165) is 5.25 Å². The van der Waals surface area contributed by atoms with Crippen LogP contribution in [-0.2, 0) is 0 Å². The van der Waals surface area contributed by atoms with Gasteiger partial charge in [0.1, 0.15) is 0 Å². The van der Waals surface area contributed by atoms with Gasteiger partial charge in [-0.25, -0.2) is 0 Å². The van der Waals surface area contributed by atoms with Gasteiger partial charge in [-0.1, -0.05) is 41.4 Å². The van der Waals surface area contributed by atoms with Crippen molar-refractivity contribution in [1.82, 2.24) is 0 Å². The monoisotopic (exact) mass is 176 g/mol. The highest BCUT2D eigenvalue weighted by molar-refractivity contribution is 8.76. The molecule has 0 N–H and O–H groups in total. The molecule has 1 rings (SSSR count). The Bertz CT molecular complexity index is 77.3. The van der Waals surface area contributed by atoms with Crippen molar-refractivity contribution in [2.75, 3.05) is 5.75 Å². The molecular formula is C8H16S2. The molecule has 1 saturated carbocycles. The average molecular weight is 176 g/mol. The standard InChI is InChI=1S/C8H16S2/c1-2-7-9-10-8-5-3-4-6-8/h8H,2-7H2,1H3. The van der Waals surface area contributed by atoms with Gasteiger partial charge in [0.15, 0.2) is 0 Å². The zero-order valence-corrected chi connectivity index (χ0v) is 8.27. The van der Waals surface area contributed by atoms with Gasteiger partial charge in [-0.2, -0.15) is 0 Å². The summed E-state index contributed by atoms with van der Waals surface area (Å²) in [4.78, 5) is 0. The molecule has 0 heterocycles. The Morgan fingerprint density at radius 1 is 1.30 bits per heavy atom. The fourth-order valence-electron chi connectivity index (χ4n) is 1.21. The molecule has 1 fully saturated rings. The lowest BCUT2D eigenvalue weighted by molar-refractivity contribution is 0.886. The molecular weight excluding hydrogens is 160 g/mol. The Balaban J connectivity index is 1.91. The first kappa shape index (κ1) is 8.79. The van der Waals surface area contributed by atoms with Gasteiger partial charge < -0.3 is 0 Å². The van der Waals surface area contributed by atoms with Gasteiger partial charge in [0.2, 0.25) is 0 Å². The number of rotatable bonds is 4. The molecule has 0 radical (unpaired) electrons. The van der Waals surface area contributed by atoms with Gasteiger partial charge in [0.05, 0.1) is 0 Å². The van der Waals surface area contributed by atoms with Crippen LogP contribution in [0.25, 0.3) is 0 Å². The summed E-state index contributed by atoms with van der Waals surface area (Å²) in [7, 11) is 4.19. The fraction of sp³-hybridized carbons (Fsp3) is 1.00. The predicted octanol–water partition coefficient (Wildman–Crippen LogP) is 3.72. The van der Waals surface area contributed by atoms with E-state index in [9.17, 15) is 0 Å². The minimum absolute atomic E-state index is 0.997. The van der Waals surface area contributed by atoms with E-state index in [1.807, 2.05) is 0 Å². The quantitative estimate of drug-likeness (QED) is 0.473. The van der Waals surface area contributed by atoms with E-state index in [1.165, 1.54) is 37.9 Å². The second kappa shape index (κ2) is 5.36. The lowest BCUT2D eigenvalue weighted by Gasteiger charge is -2.05. The molecule has 0 saturated heterocycles. The van der Waals surface area contributed by atoms with Crippen molar-refractivity contribution >= 4 is 21.6 Å². The number of hydrogen-bond acceptors (Lipinski definition) is 2. The summed E-state index contributed by atoms with van der Waals surface area (Å²) in [6.07, 6.45) is 7.22. The highest BCUT2D eigenvalue weighted by Crippen LogP contribution is 2.36. The smallest absolute Gasteiger partial charge is 0.0151 e. The second-order valence-corrected chi connectivity index (χ2v) is 5.61. The molecule has 0 aromatic rings. The average Bonchev–Trinajstić information content (AvgIpc) is 2.41. The summed E-state index contributed by atoms with van der Waals surface area (Å²) < 4.78 is 0. The molecule has 1 aliphatic carbocycles. The zero-order chi connectivity index (χ0) is 7.23. The SMILES string of the molecule is CCCSSC1CCCC1. The summed E-state index contributed by atoms with van der Waals surface area (Å²) in [6.45, 7) is 2.25. The third kappa shape index (κ3) is 3.20. The molecule has 0 aromatic heterocycles. The van der Waals surface area contributed by atoms with Gasteiger partial charge in [0, 0.05) is 11.0 Å². The van der Waals surface area contributed by atoms with Crippen LogP contribution < -0.4 is 0 Å². The van der Waals surface area contributed by atoms with Crippen molar-refractivity contribution < 1.29 is 0 Å². The Labute approximate surface area is 71.9 Å². The van der Waals surface area contributed by atoms with Gasteiger partial charge >= 0.3 is 0 Å². The molecule has 60 valence electrons. The summed E-state index contributed by atoms with van der Waals surface area (Å²) in [5.41, 5.74) is 0. The maximum atomic E-state index is 2.25. The topological polar surface area (TPSA) is 0 Å². The highest BCUT2D eigenvalue weighted by atomic mass is 33.1. The van der Waals surface area contributed by atoms with Crippen LogP contribution in [-0.4, -0.2) is 11.0 Å². The van der Waals surface area contributed by atoms with Crippen LogP contribution in [0, 0.1) is 0 Å². The largest absolute Gasteiger partial charge is 0.0939 e. The van der Waals surface area contributed by atoms with Gasteiger partial charge in [0.25, 0.3) is 0 Å². The molecule has 0 aromatic carbocycles. The van der Waals surface area contributed by atoms with Crippen LogP contribution in [0.15, 0.2) is 0 Å². The zero-order valence-electron chi connectivity index (χ0n) is 6.64. The molecule has 0 nitrogen and oxygen atoms in total. The Morgan fingerprint density at radius 2 is 2.00 bits per heavy atom. The van der Waals surface area contributed by atoms with Gasteiger partial charge in [-0.05, 0) is 19.3 Å². The molecule has 0 spiro atoms. The van der Waals surface area contributed by atoms with E-state index in [1.54, 1.807) is 0 Å². The van der Waals surface area contributed by atoms with Crippen LogP contribution in [0.4, 0.5) is 0 Å². The minimum Gasteiger partial charge on any atom is -0.0939 e. The Kier molecular flexibility index (Phi) is 4.72. The van der Waals surface area contributed by atoms with Crippen molar-refractivity contribution in [3.05, 3.63) is 0 Å². The van der Waals surface area contributed by atoms with E-state index < -0.39 is 0 Å². The van der Waals surface area contributed by atoms with Crippen molar-refractivity contribution in [2.24, 2.45) is 0 Å². The van der Waals surface area contributed by atoms with Crippen molar-refractivity contribution in [2.45, 2.75) is 44.3 Å². The molecule has 0 amide bonds. The van der Waals surface area contributed by atoms with Crippen LogP contribution in [0.5, 0.6) is 0 Å². The summed E-state index contributed by atoms with van der Waals surface area (Å²) in [5, 5.41) is 0.997. The van der Waals surface area contributed by atoms with Gasteiger partial charge in [-0.15, -0.1) is 0 Å². The fourth-order valence-corrected chi connectivity index (χ4v) is 4.14. The third-order valence-electron chi connectivity index (χ3n) is 1.79. The summed E-state index contributed by atoms with van der Waals surface area (Å²) in [6, 6.07) is 0. The lowest BCUT2D eigenvalue weighted by Crippen LogP contribution is -1.90. The minimum atomic E-state index is 0.997. The highest BCUT2D eigenvalue weighted by Gasteiger charge is 2.14. The van der Waals surface area contributed by atoms with Gasteiger partial charge in [-0.3, -0.25) is 0 Å². The van der Waals surface area contributed by atoms with E-state index >= 15 is 0 Å². The van der Waals surface area contributed by atoms with E-state index in [2.05, 4.69) is 28.5 Å². The molecule has 0 aliphatic heterocycles. The molecule has 1 aliphatic rings. The summed E-state index contributed by atoms with van der Waals surface area (Å²) >= 11 is 0. The van der Waals surface area contributed by atoms with Crippen LogP contribution in [0.1, 0.15) is 39.0 Å². The van der Waals surface area contributed by atoms with Crippen molar-refractivity contribution in [3.8, 4) is 0 Å². The first-order valence-corrected chi connectivity index (χ1v) is 6.60. The van der Waals surface area contributed by atoms with E-state index in [4.69, 9.17) is 0 Å².